The Balaban J connectivity index is 1.71. The Bertz CT molecular complexity index is 628. The zero-order valence-electron chi connectivity index (χ0n) is 15.0. The van der Waals surface area contributed by atoms with Gasteiger partial charge in [-0.25, -0.2) is 9.18 Å². The van der Waals surface area contributed by atoms with E-state index >= 15 is 0 Å². The monoisotopic (exact) mass is 364 g/mol. The van der Waals surface area contributed by atoms with Crippen molar-refractivity contribution in [2.24, 2.45) is 0 Å². The van der Waals surface area contributed by atoms with Crippen molar-refractivity contribution in [2.75, 3.05) is 39.3 Å². The number of hydrogen-bond acceptors (Lipinski definition) is 4. The SMILES string of the molecule is CCCNC(=O)NC(=O)CN1CCN(C(=O)Cc2ccc(F)cc2)CC1. The van der Waals surface area contributed by atoms with E-state index in [4.69, 9.17) is 0 Å². The summed E-state index contributed by atoms with van der Waals surface area (Å²) in [6.07, 6.45) is 1.04. The Kier molecular flexibility index (Phi) is 7.53. The summed E-state index contributed by atoms with van der Waals surface area (Å²) in [7, 11) is 0. The quantitative estimate of drug-likeness (QED) is 0.780. The number of imide groups is 1. The van der Waals surface area contributed by atoms with Gasteiger partial charge in [-0.1, -0.05) is 19.1 Å². The van der Waals surface area contributed by atoms with E-state index < -0.39 is 6.03 Å². The molecule has 7 nitrogen and oxygen atoms in total. The molecule has 0 bridgehead atoms. The predicted octanol–water partition coefficient (Wildman–Crippen LogP) is 0.748. The number of benzene rings is 1. The third-order valence-electron chi connectivity index (χ3n) is 4.15. The molecule has 0 radical (unpaired) electrons. The molecule has 0 saturated carbocycles. The molecule has 1 heterocycles. The van der Waals surface area contributed by atoms with Crippen LogP contribution in [0.25, 0.3) is 0 Å². The first-order valence-electron chi connectivity index (χ1n) is 8.80. The second-order valence-electron chi connectivity index (χ2n) is 6.26. The van der Waals surface area contributed by atoms with Gasteiger partial charge in [0.05, 0.1) is 13.0 Å². The van der Waals surface area contributed by atoms with Crippen LogP contribution in [0.5, 0.6) is 0 Å². The fourth-order valence-electron chi connectivity index (χ4n) is 2.70. The largest absolute Gasteiger partial charge is 0.340 e. The van der Waals surface area contributed by atoms with Crippen LogP contribution in [-0.2, 0) is 16.0 Å². The molecule has 26 heavy (non-hydrogen) atoms. The molecule has 1 aromatic rings. The molecule has 0 aliphatic carbocycles. The normalized spacial score (nSPS) is 14.8. The fourth-order valence-corrected chi connectivity index (χ4v) is 2.70. The molecule has 142 valence electrons. The molecule has 1 saturated heterocycles. The number of urea groups is 1. The van der Waals surface area contributed by atoms with Crippen LogP contribution in [0.1, 0.15) is 18.9 Å². The maximum atomic E-state index is 12.9. The number of hydrogen-bond donors (Lipinski definition) is 2. The summed E-state index contributed by atoms with van der Waals surface area (Å²) in [5.41, 5.74) is 0.774. The van der Waals surface area contributed by atoms with Gasteiger partial charge in [-0.05, 0) is 24.1 Å². The van der Waals surface area contributed by atoms with Crippen molar-refractivity contribution in [3.8, 4) is 0 Å². The molecule has 2 rings (SSSR count). The van der Waals surface area contributed by atoms with Crippen molar-refractivity contribution in [3.63, 3.8) is 0 Å². The lowest BCUT2D eigenvalue weighted by Crippen LogP contribution is -2.52. The van der Waals surface area contributed by atoms with E-state index in [-0.39, 0.29) is 30.6 Å². The van der Waals surface area contributed by atoms with Gasteiger partial charge in [-0.15, -0.1) is 0 Å². The Morgan fingerprint density at radius 1 is 1.08 bits per heavy atom. The number of halogens is 1. The predicted molar refractivity (Wildman–Crippen MR) is 95.0 cm³/mol. The Morgan fingerprint density at radius 2 is 1.73 bits per heavy atom. The van der Waals surface area contributed by atoms with E-state index in [2.05, 4.69) is 10.6 Å². The molecular formula is C18H25FN4O3. The highest BCUT2D eigenvalue weighted by atomic mass is 19.1. The zero-order chi connectivity index (χ0) is 18.9. The first kappa shape index (κ1) is 19.8. The van der Waals surface area contributed by atoms with Crippen LogP contribution in [-0.4, -0.2) is 66.9 Å². The van der Waals surface area contributed by atoms with Gasteiger partial charge in [-0.2, -0.15) is 0 Å². The van der Waals surface area contributed by atoms with Crippen molar-refractivity contribution in [2.45, 2.75) is 19.8 Å². The van der Waals surface area contributed by atoms with E-state index in [1.54, 1.807) is 17.0 Å². The third-order valence-corrected chi connectivity index (χ3v) is 4.15. The zero-order valence-corrected chi connectivity index (χ0v) is 15.0. The van der Waals surface area contributed by atoms with Gasteiger partial charge < -0.3 is 10.2 Å². The number of carbonyl (C=O) groups excluding carboxylic acids is 3. The first-order chi connectivity index (χ1) is 12.5. The standard InChI is InChI=1S/C18H25FN4O3/c1-2-7-20-18(26)21-16(24)13-22-8-10-23(11-9-22)17(25)12-14-3-5-15(19)6-4-14/h3-6H,2,7-13H2,1H3,(H2,20,21,24,26). The summed E-state index contributed by atoms with van der Waals surface area (Å²) in [6.45, 7) is 4.76. The van der Waals surface area contributed by atoms with E-state index in [9.17, 15) is 18.8 Å². The molecule has 8 heteroatoms. The third kappa shape index (κ3) is 6.44. The van der Waals surface area contributed by atoms with Crippen molar-refractivity contribution in [3.05, 3.63) is 35.6 Å². The van der Waals surface area contributed by atoms with Gasteiger partial charge in [0.1, 0.15) is 5.82 Å². The maximum absolute atomic E-state index is 12.9. The van der Waals surface area contributed by atoms with Crippen molar-refractivity contribution in [1.29, 1.82) is 0 Å². The summed E-state index contributed by atoms with van der Waals surface area (Å²) in [5, 5.41) is 4.87. The van der Waals surface area contributed by atoms with Crippen LogP contribution in [0.2, 0.25) is 0 Å². The molecule has 4 amide bonds. The van der Waals surface area contributed by atoms with E-state index in [1.807, 2.05) is 11.8 Å². The smallest absolute Gasteiger partial charge is 0.321 e. The Labute approximate surface area is 152 Å². The number of amides is 4. The molecule has 2 N–H and O–H groups in total. The Morgan fingerprint density at radius 3 is 2.35 bits per heavy atom. The second kappa shape index (κ2) is 9.86. The average molecular weight is 364 g/mol. The van der Waals surface area contributed by atoms with Gasteiger partial charge in [0.2, 0.25) is 11.8 Å². The van der Waals surface area contributed by atoms with Gasteiger partial charge in [0, 0.05) is 32.7 Å². The maximum Gasteiger partial charge on any atom is 0.321 e. The highest BCUT2D eigenvalue weighted by Crippen LogP contribution is 2.08. The van der Waals surface area contributed by atoms with Crippen molar-refractivity contribution < 1.29 is 18.8 Å². The summed E-state index contributed by atoms with van der Waals surface area (Å²) < 4.78 is 12.9. The topological polar surface area (TPSA) is 81.8 Å². The number of rotatable bonds is 6. The first-order valence-corrected chi connectivity index (χ1v) is 8.80. The molecule has 1 fully saturated rings. The van der Waals surface area contributed by atoms with E-state index in [0.717, 1.165) is 12.0 Å². The minimum absolute atomic E-state index is 0.0142. The van der Waals surface area contributed by atoms with Crippen LogP contribution in [0.3, 0.4) is 0 Å². The van der Waals surface area contributed by atoms with Crippen LogP contribution in [0.15, 0.2) is 24.3 Å². The van der Waals surface area contributed by atoms with Crippen molar-refractivity contribution >= 4 is 17.8 Å². The summed E-state index contributed by atoms with van der Waals surface area (Å²) >= 11 is 0. The minimum Gasteiger partial charge on any atom is -0.340 e. The lowest BCUT2D eigenvalue weighted by molar-refractivity contribution is -0.132. The molecule has 1 aliphatic rings. The fraction of sp³-hybridized carbons (Fsp3) is 0.500. The van der Waals surface area contributed by atoms with Crippen LogP contribution >= 0.6 is 0 Å². The second-order valence-corrected chi connectivity index (χ2v) is 6.26. The van der Waals surface area contributed by atoms with Gasteiger partial charge in [0.25, 0.3) is 0 Å². The highest BCUT2D eigenvalue weighted by molar-refractivity contribution is 5.95. The summed E-state index contributed by atoms with van der Waals surface area (Å²) in [5.74, 6) is -0.694. The molecule has 0 atom stereocenters. The molecular weight excluding hydrogens is 339 g/mol. The number of nitrogens with one attached hydrogen (secondary N) is 2. The highest BCUT2D eigenvalue weighted by Gasteiger charge is 2.22. The number of piperazine rings is 1. The van der Waals surface area contributed by atoms with Gasteiger partial charge in [-0.3, -0.25) is 19.8 Å². The molecule has 0 unspecified atom stereocenters. The van der Waals surface area contributed by atoms with Crippen LogP contribution in [0.4, 0.5) is 9.18 Å². The van der Waals surface area contributed by atoms with E-state index in [0.29, 0.717) is 32.7 Å². The summed E-state index contributed by atoms with van der Waals surface area (Å²) in [4.78, 5) is 39.3. The minimum atomic E-state index is -0.482. The van der Waals surface area contributed by atoms with Crippen molar-refractivity contribution in [1.82, 2.24) is 20.4 Å². The average Bonchev–Trinajstić information content (AvgIpc) is 2.62. The molecule has 0 spiro atoms. The van der Waals surface area contributed by atoms with Crippen LogP contribution < -0.4 is 10.6 Å². The number of nitrogens with zero attached hydrogens (tertiary/aromatic N) is 2. The molecule has 1 aromatic carbocycles. The van der Waals surface area contributed by atoms with Gasteiger partial charge in [0.15, 0.2) is 0 Å². The van der Waals surface area contributed by atoms with Gasteiger partial charge >= 0.3 is 6.03 Å². The lowest BCUT2D eigenvalue weighted by atomic mass is 10.1. The lowest BCUT2D eigenvalue weighted by Gasteiger charge is -2.34. The van der Waals surface area contributed by atoms with Crippen LogP contribution in [0, 0.1) is 5.82 Å². The summed E-state index contributed by atoms with van der Waals surface area (Å²) in [6, 6.07) is 5.42. The van der Waals surface area contributed by atoms with E-state index in [1.165, 1.54) is 12.1 Å². The number of carbonyl (C=O) groups is 3. The molecule has 0 aromatic heterocycles. The Hall–Kier alpha value is -2.48. The molecule has 1 aliphatic heterocycles.